The Morgan fingerprint density at radius 3 is 2.32 bits per heavy atom. The number of nitrogens with zero attached hydrogens (tertiary/aromatic N) is 4. The average Bonchev–Trinajstić information content (AvgIpc) is 3.16. The maximum absolute atomic E-state index is 13.7. The molecule has 0 radical (unpaired) electrons. The fourth-order valence-corrected chi connectivity index (χ4v) is 3.73. The first kappa shape index (κ1) is 20.7. The van der Waals surface area contributed by atoms with Crippen molar-refractivity contribution in [2.45, 2.75) is 32.9 Å². The number of esters is 1. The summed E-state index contributed by atoms with van der Waals surface area (Å²) in [7, 11) is 3.82. The first-order valence-corrected chi connectivity index (χ1v) is 10.1. The summed E-state index contributed by atoms with van der Waals surface area (Å²) in [5.74, 6) is -0.638. The lowest BCUT2D eigenvalue weighted by atomic mass is 10.1. The van der Waals surface area contributed by atoms with Crippen LogP contribution in [0.1, 0.15) is 47.3 Å². The molecule has 7 heteroatoms. The molecule has 1 aromatic heterocycles. The maximum Gasteiger partial charge on any atom is 0.359 e. The summed E-state index contributed by atoms with van der Waals surface area (Å²) in [4.78, 5) is 34.4. The lowest BCUT2D eigenvalue weighted by molar-refractivity contribution is 0.00617. The number of hydrogen-bond donors (Lipinski definition) is 0. The van der Waals surface area contributed by atoms with Crippen molar-refractivity contribution in [3.05, 3.63) is 71.8 Å². The Hall–Kier alpha value is -3.61. The summed E-state index contributed by atoms with van der Waals surface area (Å²) in [5.41, 5.74) is 3.20. The number of benzene rings is 2. The molecule has 0 atom stereocenters. The quantitative estimate of drug-likeness (QED) is 0.600. The van der Waals surface area contributed by atoms with Gasteiger partial charge in [0.25, 0.3) is 5.91 Å². The number of carbonyl (C=O) groups is 2. The Labute approximate surface area is 181 Å². The number of para-hydroxylation sites is 3. The highest BCUT2D eigenvalue weighted by atomic mass is 16.6. The van der Waals surface area contributed by atoms with Crippen LogP contribution in [-0.4, -0.2) is 41.1 Å². The van der Waals surface area contributed by atoms with E-state index in [0.29, 0.717) is 11.3 Å². The Bertz CT molecular complexity index is 1160. The van der Waals surface area contributed by atoms with E-state index in [1.165, 1.54) is 0 Å². The molecule has 1 aliphatic rings. The molecule has 4 rings (SSSR count). The molecule has 160 valence electrons. The van der Waals surface area contributed by atoms with E-state index >= 15 is 0 Å². The van der Waals surface area contributed by atoms with Gasteiger partial charge in [-0.25, -0.2) is 9.78 Å². The number of anilines is 2. The number of ether oxygens (including phenoxy) is 1. The fourth-order valence-electron chi connectivity index (χ4n) is 3.73. The van der Waals surface area contributed by atoms with Gasteiger partial charge in [0.15, 0.2) is 5.69 Å². The third-order valence-corrected chi connectivity index (χ3v) is 5.06. The van der Waals surface area contributed by atoms with Gasteiger partial charge < -0.3 is 14.5 Å². The third kappa shape index (κ3) is 3.79. The Morgan fingerprint density at radius 1 is 1.00 bits per heavy atom. The number of carbonyl (C=O) groups excluding carboxylic acids is 2. The zero-order chi connectivity index (χ0) is 22.3. The monoisotopic (exact) mass is 418 g/mol. The van der Waals surface area contributed by atoms with Crippen molar-refractivity contribution in [2.24, 2.45) is 0 Å². The minimum Gasteiger partial charge on any atom is -0.455 e. The van der Waals surface area contributed by atoms with Crippen molar-refractivity contribution in [2.75, 3.05) is 23.9 Å². The van der Waals surface area contributed by atoms with Crippen LogP contribution < -0.4 is 9.80 Å². The molecule has 1 aliphatic heterocycles. The van der Waals surface area contributed by atoms with Gasteiger partial charge in [-0.2, -0.15) is 0 Å². The van der Waals surface area contributed by atoms with Crippen LogP contribution in [0.4, 0.5) is 11.4 Å². The van der Waals surface area contributed by atoms with E-state index in [0.717, 1.165) is 17.1 Å². The summed E-state index contributed by atoms with van der Waals surface area (Å²) < 4.78 is 7.40. The van der Waals surface area contributed by atoms with Gasteiger partial charge in [-0.15, -0.1) is 0 Å². The highest BCUT2D eigenvalue weighted by Gasteiger charge is 2.33. The van der Waals surface area contributed by atoms with Gasteiger partial charge in [-0.1, -0.05) is 24.3 Å². The molecule has 2 heterocycles. The van der Waals surface area contributed by atoms with Crippen LogP contribution in [0.15, 0.2) is 54.9 Å². The van der Waals surface area contributed by atoms with Gasteiger partial charge in [0.1, 0.15) is 11.9 Å². The minimum absolute atomic E-state index is 0.140. The predicted molar refractivity (Wildman–Crippen MR) is 120 cm³/mol. The van der Waals surface area contributed by atoms with E-state index in [9.17, 15) is 9.59 Å². The molecular weight excluding hydrogens is 392 g/mol. The Balaban J connectivity index is 1.80. The van der Waals surface area contributed by atoms with Gasteiger partial charge in [-0.3, -0.25) is 9.36 Å². The second-order valence-electron chi connectivity index (χ2n) is 8.70. The van der Waals surface area contributed by atoms with Crippen molar-refractivity contribution < 1.29 is 14.3 Å². The summed E-state index contributed by atoms with van der Waals surface area (Å²) in [6.45, 7) is 5.66. The van der Waals surface area contributed by atoms with Crippen molar-refractivity contribution >= 4 is 23.3 Å². The molecule has 0 saturated carbocycles. The lowest BCUT2D eigenvalue weighted by Gasteiger charge is -2.32. The summed E-state index contributed by atoms with van der Waals surface area (Å²) in [6, 6.07) is 15.1. The van der Waals surface area contributed by atoms with Crippen molar-refractivity contribution in [1.82, 2.24) is 9.55 Å². The first-order chi connectivity index (χ1) is 14.7. The van der Waals surface area contributed by atoms with E-state index in [4.69, 9.17) is 4.74 Å². The normalized spacial score (nSPS) is 12.7. The third-order valence-electron chi connectivity index (χ3n) is 5.06. The van der Waals surface area contributed by atoms with Crippen molar-refractivity contribution in [1.29, 1.82) is 0 Å². The van der Waals surface area contributed by atoms with Crippen LogP contribution in [0.25, 0.3) is 5.69 Å². The van der Waals surface area contributed by atoms with Gasteiger partial charge >= 0.3 is 5.97 Å². The Kier molecular flexibility index (Phi) is 5.05. The number of hydrogen-bond acceptors (Lipinski definition) is 5. The zero-order valence-corrected chi connectivity index (χ0v) is 18.4. The second-order valence-corrected chi connectivity index (χ2v) is 8.70. The highest BCUT2D eigenvalue weighted by molar-refractivity contribution is 6.11. The first-order valence-electron chi connectivity index (χ1n) is 10.1. The van der Waals surface area contributed by atoms with Crippen LogP contribution in [0.3, 0.4) is 0 Å². The zero-order valence-electron chi connectivity index (χ0n) is 18.4. The van der Waals surface area contributed by atoms with Crippen molar-refractivity contribution in [3.63, 3.8) is 0 Å². The second kappa shape index (κ2) is 7.58. The molecule has 0 spiro atoms. The molecule has 2 aromatic carbocycles. The molecule has 0 unspecified atom stereocenters. The number of rotatable bonds is 3. The standard InChI is InChI=1S/C24H26N4O3/c1-24(2,3)31-23(30)21-20-14-27(18-12-8-9-13-19(18)28(20)15-25-21)22(29)16-10-6-7-11-17(16)26(4)5/h6-13,15H,14H2,1-5H3. The van der Waals surface area contributed by atoms with E-state index < -0.39 is 11.6 Å². The topological polar surface area (TPSA) is 67.7 Å². The van der Waals surface area contributed by atoms with E-state index in [1.807, 2.05) is 92.9 Å². The average molecular weight is 418 g/mol. The highest BCUT2D eigenvalue weighted by Crippen LogP contribution is 2.35. The molecule has 0 saturated heterocycles. The van der Waals surface area contributed by atoms with Crippen LogP contribution >= 0.6 is 0 Å². The van der Waals surface area contributed by atoms with Crippen LogP contribution in [0.2, 0.25) is 0 Å². The molecule has 1 amide bonds. The maximum atomic E-state index is 13.7. The minimum atomic E-state index is -0.639. The van der Waals surface area contributed by atoms with Gasteiger partial charge in [-0.05, 0) is 45.0 Å². The SMILES string of the molecule is CN(C)c1ccccc1C(=O)N1Cc2c(C(=O)OC(C)(C)C)ncn2-c2ccccc21. The Morgan fingerprint density at radius 2 is 1.65 bits per heavy atom. The smallest absolute Gasteiger partial charge is 0.359 e. The molecular formula is C24H26N4O3. The van der Waals surface area contributed by atoms with E-state index in [-0.39, 0.29) is 18.1 Å². The van der Waals surface area contributed by atoms with Gasteiger partial charge in [0.05, 0.1) is 29.2 Å². The molecule has 0 N–H and O–H groups in total. The molecule has 3 aromatic rings. The van der Waals surface area contributed by atoms with E-state index in [2.05, 4.69) is 4.98 Å². The van der Waals surface area contributed by atoms with Crippen LogP contribution in [0.5, 0.6) is 0 Å². The molecule has 0 fully saturated rings. The fraction of sp³-hybridized carbons (Fsp3) is 0.292. The molecule has 31 heavy (non-hydrogen) atoms. The largest absolute Gasteiger partial charge is 0.455 e. The van der Waals surface area contributed by atoms with E-state index in [1.54, 1.807) is 11.2 Å². The number of imidazole rings is 1. The molecule has 7 nitrogen and oxygen atoms in total. The van der Waals surface area contributed by atoms with Gasteiger partial charge in [0.2, 0.25) is 0 Å². The number of fused-ring (bicyclic) bond motifs is 3. The summed E-state index contributed by atoms with van der Waals surface area (Å²) in [5, 5.41) is 0. The van der Waals surface area contributed by atoms with Crippen LogP contribution in [-0.2, 0) is 11.3 Å². The predicted octanol–water partition coefficient (Wildman–Crippen LogP) is 4.05. The number of amides is 1. The lowest BCUT2D eigenvalue weighted by Crippen LogP contribution is -2.36. The van der Waals surface area contributed by atoms with Gasteiger partial charge in [0, 0.05) is 19.8 Å². The summed E-state index contributed by atoms with van der Waals surface area (Å²) >= 11 is 0. The summed E-state index contributed by atoms with van der Waals surface area (Å²) in [6.07, 6.45) is 1.61. The molecule has 0 aliphatic carbocycles. The number of aromatic nitrogens is 2. The molecule has 0 bridgehead atoms. The van der Waals surface area contributed by atoms with Crippen molar-refractivity contribution in [3.8, 4) is 5.69 Å². The van der Waals surface area contributed by atoms with Crippen LogP contribution in [0, 0.1) is 0 Å².